The van der Waals surface area contributed by atoms with Crippen LogP contribution in [-0.4, -0.2) is 46.5 Å². The Hall–Kier alpha value is -1.85. The van der Waals surface area contributed by atoms with Gasteiger partial charge in [-0.25, -0.2) is 0 Å². The molecule has 1 heterocycles. The number of carbonyl (C=O) groups excluding carboxylic acids is 5. The van der Waals surface area contributed by atoms with Gasteiger partial charge in [-0.2, -0.15) is 0 Å². The molecule has 266 valence electrons. The molecule has 0 N–H and O–H groups in total. The first-order chi connectivity index (χ1) is 25.2. The Morgan fingerprint density at radius 2 is 1.62 bits per heavy atom. The van der Waals surface area contributed by atoms with Crippen molar-refractivity contribution < 1.29 is 36.3 Å². The van der Waals surface area contributed by atoms with Gasteiger partial charge < -0.3 is 4.90 Å². The number of fused-ring (bicyclic) bond motifs is 1. The number of carbonyl (C=O) groups is 5. The number of hydrogen-bond acceptors (Lipinski definition) is 5. The first-order valence-electron chi connectivity index (χ1n) is 22.6. The Kier molecular flexibility index (Phi) is 8.34. The SMILES string of the molecule is [2H]C([2H])([2H])C([2H])([2H])C([2H])([2H])C([2H])([2H])C(CC(=O)[C@@H]1[C@@H]2[C@H](CN1C(=O)[C@@H](CC(=O)CC1(CCC(C)(C)C)CCCCC1)C(C)(C)C)C2(C)C)C(=O)C(=O)CC1CC1. The minimum Gasteiger partial charge on any atom is -0.332 e. The largest absolute Gasteiger partial charge is 0.332 e. The second-order valence-electron chi connectivity index (χ2n) is 18.4. The van der Waals surface area contributed by atoms with Crippen molar-refractivity contribution in [1.29, 1.82) is 0 Å². The Morgan fingerprint density at radius 1 is 0.957 bits per heavy atom. The van der Waals surface area contributed by atoms with Crippen molar-refractivity contribution in [3.63, 3.8) is 0 Å². The van der Waals surface area contributed by atoms with Gasteiger partial charge in [0.1, 0.15) is 5.78 Å². The summed E-state index contributed by atoms with van der Waals surface area (Å²) in [5.74, 6) is -7.32. The van der Waals surface area contributed by atoms with Crippen molar-refractivity contribution in [2.45, 2.75) is 171 Å². The molecule has 0 bridgehead atoms. The summed E-state index contributed by atoms with van der Waals surface area (Å²) in [6.07, 6.45) is -3.73. The molecule has 0 spiro atoms. The predicted molar refractivity (Wildman–Crippen MR) is 188 cm³/mol. The molecule has 3 saturated carbocycles. The van der Waals surface area contributed by atoms with Crippen molar-refractivity contribution in [1.82, 2.24) is 4.90 Å². The zero-order valence-corrected chi connectivity index (χ0v) is 30.4. The summed E-state index contributed by atoms with van der Waals surface area (Å²) < 4.78 is 74.0. The van der Waals surface area contributed by atoms with Gasteiger partial charge in [0.15, 0.2) is 11.6 Å². The van der Waals surface area contributed by atoms with Crippen molar-refractivity contribution in [2.24, 2.45) is 51.2 Å². The number of hydrogen-bond donors (Lipinski definition) is 0. The molecule has 4 rings (SSSR count). The van der Waals surface area contributed by atoms with Gasteiger partial charge in [-0.3, -0.25) is 24.0 Å². The maximum atomic E-state index is 14.8. The maximum Gasteiger partial charge on any atom is 0.227 e. The summed E-state index contributed by atoms with van der Waals surface area (Å²) in [5.41, 5.74) is -1.10. The van der Waals surface area contributed by atoms with Crippen LogP contribution in [-0.2, 0) is 24.0 Å². The first kappa shape index (κ1) is 26.9. The molecule has 47 heavy (non-hydrogen) atoms. The highest BCUT2D eigenvalue weighted by Crippen LogP contribution is 2.65. The monoisotopic (exact) mass is 663 g/mol. The van der Waals surface area contributed by atoms with E-state index in [4.69, 9.17) is 12.3 Å². The number of Topliss-reactive ketones (excluding diaryl/α,β-unsaturated/α-hetero) is 4. The predicted octanol–water partition coefficient (Wildman–Crippen LogP) is 8.96. The smallest absolute Gasteiger partial charge is 0.227 e. The molecule has 1 saturated heterocycles. The highest BCUT2D eigenvalue weighted by atomic mass is 16.2. The van der Waals surface area contributed by atoms with Gasteiger partial charge in [-0.05, 0) is 84.3 Å². The van der Waals surface area contributed by atoms with Crippen molar-refractivity contribution >= 4 is 29.0 Å². The van der Waals surface area contributed by atoms with Crippen LogP contribution in [0.15, 0.2) is 0 Å². The minimum absolute atomic E-state index is 0.000406. The third-order valence-corrected chi connectivity index (χ3v) is 12.0. The Labute approximate surface area is 299 Å². The summed E-state index contributed by atoms with van der Waals surface area (Å²) in [6, 6.07) is -1.16. The van der Waals surface area contributed by atoms with Crippen LogP contribution in [0.25, 0.3) is 0 Å². The van der Waals surface area contributed by atoms with Crippen LogP contribution >= 0.6 is 0 Å². The van der Waals surface area contributed by atoms with Gasteiger partial charge in [-0.1, -0.05) is 94.3 Å². The number of rotatable bonds is 17. The average Bonchev–Trinajstić information content (AvgIpc) is 3.90. The van der Waals surface area contributed by atoms with E-state index in [-0.39, 0.29) is 53.8 Å². The molecular weight excluding hydrogens is 586 g/mol. The molecule has 6 nitrogen and oxygen atoms in total. The lowest BCUT2D eigenvalue weighted by atomic mass is 9.65. The number of amides is 1. The Balaban J connectivity index is 1.66. The van der Waals surface area contributed by atoms with E-state index in [1.54, 1.807) is 0 Å². The fourth-order valence-electron chi connectivity index (χ4n) is 8.56. The summed E-state index contributed by atoms with van der Waals surface area (Å²) in [5, 5.41) is 0. The fraction of sp³-hybridized carbons (Fsp3) is 0.878. The molecule has 0 aromatic heterocycles. The molecule has 6 heteroatoms. The third-order valence-electron chi connectivity index (χ3n) is 12.0. The van der Waals surface area contributed by atoms with E-state index in [9.17, 15) is 24.0 Å². The summed E-state index contributed by atoms with van der Waals surface area (Å²) >= 11 is 0. The summed E-state index contributed by atoms with van der Waals surface area (Å²) in [4.78, 5) is 71.9. The van der Waals surface area contributed by atoms with Crippen molar-refractivity contribution in [2.75, 3.05) is 6.54 Å². The molecule has 3 aliphatic carbocycles. The molecule has 1 aliphatic heterocycles. The van der Waals surface area contributed by atoms with E-state index in [2.05, 4.69) is 20.8 Å². The Morgan fingerprint density at radius 3 is 2.19 bits per heavy atom. The van der Waals surface area contributed by atoms with Crippen LogP contribution in [0.2, 0.25) is 0 Å². The average molecular weight is 663 g/mol. The van der Waals surface area contributed by atoms with Crippen molar-refractivity contribution in [3.05, 3.63) is 0 Å². The van der Waals surface area contributed by atoms with E-state index in [0.717, 1.165) is 44.9 Å². The van der Waals surface area contributed by atoms with Crippen molar-refractivity contribution in [3.8, 4) is 0 Å². The maximum absolute atomic E-state index is 14.8. The molecule has 1 unspecified atom stereocenters. The van der Waals surface area contributed by atoms with Gasteiger partial charge >= 0.3 is 0 Å². The van der Waals surface area contributed by atoms with E-state index < -0.39 is 84.4 Å². The van der Waals surface area contributed by atoms with Crippen LogP contribution in [0.4, 0.5) is 0 Å². The Bertz CT molecular complexity index is 1530. The number of piperidine rings is 1. The number of nitrogens with zero attached hydrogens (tertiary/aromatic N) is 1. The van der Waals surface area contributed by atoms with Gasteiger partial charge in [0.2, 0.25) is 11.7 Å². The second-order valence-corrected chi connectivity index (χ2v) is 18.4. The molecule has 5 atom stereocenters. The van der Waals surface area contributed by atoms with Gasteiger partial charge in [-0.15, -0.1) is 0 Å². The van der Waals surface area contributed by atoms with Crippen LogP contribution in [0.3, 0.4) is 0 Å². The number of likely N-dealkylation sites (tertiary alicyclic amines) is 1. The fourth-order valence-corrected chi connectivity index (χ4v) is 8.56. The normalized spacial score (nSPS) is 30.3. The lowest BCUT2D eigenvalue weighted by molar-refractivity contribution is -0.148. The summed E-state index contributed by atoms with van der Waals surface area (Å²) in [6.45, 7) is 12.7. The van der Waals surface area contributed by atoms with Gasteiger partial charge in [0.25, 0.3) is 0 Å². The molecule has 4 aliphatic rings. The topological polar surface area (TPSA) is 88.6 Å². The highest BCUT2D eigenvalue weighted by Gasteiger charge is 2.69. The zero-order chi connectivity index (χ0) is 42.8. The quantitative estimate of drug-likeness (QED) is 0.145. The van der Waals surface area contributed by atoms with Gasteiger partial charge in [0.05, 0.1) is 6.04 Å². The summed E-state index contributed by atoms with van der Waals surface area (Å²) in [7, 11) is 0. The molecule has 4 fully saturated rings. The first-order valence-corrected chi connectivity index (χ1v) is 18.1. The lowest BCUT2D eigenvalue weighted by Gasteiger charge is -2.40. The van der Waals surface area contributed by atoms with Crippen LogP contribution in [0, 0.1) is 51.2 Å². The minimum atomic E-state index is -3.85. The van der Waals surface area contributed by atoms with Crippen LogP contribution < -0.4 is 0 Å². The molecule has 0 radical (unpaired) electrons. The standard InChI is InChI=1S/C41H67NO5/c1-10-11-15-28(36(46)33(45)22-27-16-17-27)23-32(44)35-34-31(40(34,8)9)26-42(35)37(47)30(39(5,6)7)24-29(43)25-41(18-13-12-14-19-41)21-20-38(2,3)4/h27-28,30-31,34-35H,10-26H2,1-9H3/t28?,30-,31+,34+,35-/m1/s1/i1D3,10D2,11D2,15D2. The zero-order valence-electron chi connectivity index (χ0n) is 39.4. The third kappa shape index (κ3) is 9.44. The lowest BCUT2D eigenvalue weighted by Crippen LogP contribution is -2.51. The highest BCUT2D eigenvalue weighted by molar-refractivity contribution is 6.38. The molecule has 1 amide bonds. The molecule has 0 aromatic carbocycles. The van der Waals surface area contributed by atoms with E-state index >= 15 is 0 Å². The van der Waals surface area contributed by atoms with E-state index in [1.165, 1.54) is 4.90 Å². The molecule has 0 aromatic rings. The van der Waals surface area contributed by atoms with E-state index in [1.807, 2.05) is 34.6 Å². The van der Waals surface area contributed by atoms with Crippen LogP contribution in [0.1, 0.15) is 177 Å². The second kappa shape index (κ2) is 14.6. The van der Waals surface area contributed by atoms with E-state index in [0.29, 0.717) is 19.3 Å². The molecular formula is C41H67NO5. The van der Waals surface area contributed by atoms with Crippen LogP contribution in [0.5, 0.6) is 0 Å². The van der Waals surface area contributed by atoms with Gasteiger partial charge in [0, 0.05) is 56.4 Å². The number of ketones is 4.